The van der Waals surface area contributed by atoms with E-state index in [9.17, 15) is 14.7 Å². The van der Waals surface area contributed by atoms with Crippen molar-refractivity contribution in [3.05, 3.63) is 62.4 Å². The predicted molar refractivity (Wildman–Crippen MR) is 132 cm³/mol. The third-order valence-corrected chi connectivity index (χ3v) is 6.46. The Hall–Kier alpha value is -2.83. The molecule has 0 aliphatic carbocycles. The number of aromatic nitrogens is 1. The predicted octanol–water partition coefficient (Wildman–Crippen LogP) is 5.00. The normalized spacial score (nSPS) is 16.2. The van der Waals surface area contributed by atoms with Crippen LogP contribution in [0.1, 0.15) is 42.4 Å². The van der Waals surface area contributed by atoms with Gasteiger partial charge in [-0.2, -0.15) is 0 Å². The van der Waals surface area contributed by atoms with Crippen molar-refractivity contribution < 1.29 is 14.6 Å². The summed E-state index contributed by atoms with van der Waals surface area (Å²) in [4.78, 5) is 27.5. The zero-order chi connectivity index (χ0) is 23.5. The van der Waals surface area contributed by atoms with Crippen LogP contribution in [0.4, 0.5) is 0 Å². The van der Waals surface area contributed by atoms with Gasteiger partial charge >= 0.3 is 5.97 Å². The van der Waals surface area contributed by atoms with Crippen LogP contribution < -0.4 is 15.6 Å². The Morgan fingerprint density at radius 3 is 2.58 bits per heavy atom. The summed E-state index contributed by atoms with van der Waals surface area (Å²) >= 11 is 6.32. The van der Waals surface area contributed by atoms with Crippen LogP contribution in [0.2, 0.25) is 5.02 Å². The molecule has 0 radical (unpaired) electrons. The number of carboxylic acids is 1. The van der Waals surface area contributed by atoms with Crippen molar-refractivity contribution in [2.75, 3.05) is 13.2 Å². The molecule has 1 saturated heterocycles. The molecule has 1 fully saturated rings. The van der Waals surface area contributed by atoms with Gasteiger partial charge in [0.1, 0.15) is 5.75 Å². The lowest BCUT2D eigenvalue weighted by molar-refractivity contribution is -0.136. The van der Waals surface area contributed by atoms with Gasteiger partial charge in [0.05, 0.1) is 24.1 Å². The van der Waals surface area contributed by atoms with Crippen LogP contribution in [0, 0.1) is 13.8 Å². The van der Waals surface area contributed by atoms with Gasteiger partial charge in [-0.3, -0.25) is 9.59 Å². The molecule has 4 rings (SSSR count). The standard InChI is InChI=1S/C26H29ClN2O4/c1-15-9-16(2)11-18(10-15)24-25(33-8-6-19-5-3-4-7-28-19)20-12-17(13-23(30)31)21(27)14-22(20)29-26(24)32/h9-12,14,19,28H,3-8,13H2,1-2H3,(H,29,32)(H,30,31). The van der Waals surface area contributed by atoms with Gasteiger partial charge in [0.15, 0.2) is 0 Å². The number of aryl methyl sites for hydroxylation is 2. The number of rotatable bonds is 7. The van der Waals surface area contributed by atoms with Gasteiger partial charge in [0.2, 0.25) is 0 Å². The summed E-state index contributed by atoms with van der Waals surface area (Å²) in [6.07, 6.45) is 4.13. The third kappa shape index (κ3) is 5.40. The quantitative estimate of drug-likeness (QED) is 0.453. The van der Waals surface area contributed by atoms with Crippen LogP contribution in [0.3, 0.4) is 0 Å². The molecule has 7 heteroatoms. The zero-order valence-corrected chi connectivity index (χ0v) is 19.7. The fourth-order valence-corrected chi connectivity index (χ4v) is 4.87. The fourth-order valence-electron chi connectivity index (χ4n) is 4.64. The molecule has 6 nitrogen and oxygen atoms in total. The van der Waals surface area contributed by atoms with Crippen molar-refractivity contribution in [3.63, 3.8) is 0 Å². The Morgan fingerprint density at radius 2 is 1.91 bits per heavy atom. The Labute approximate surface area is 197 Å². The van der Waals surface area contributed by atoms with Crippen molar-refractivity contribution in [3.8, 4) is 16.9 Å². The maximum absolute atomic E-state index is 13.2. The van der Waals surface area contributed by atoms with Crippen molar-refractivity contribution >= 4 is 28.5 Å². The van der Waals surface area contributed by atoms with E-state index in [1.165, 1.54) is 12.8 Å². The van der Waals surface area contributed by atoms with E-state index < -0.39 is 5.97 Å². The number of hydrogen-bond acceptors (Lipinski definition) is 4. The van der Waals surface area contributed by atoms with E-state index in [-0.39, 0.29) is 12.0 Å². The minimum absolute atomic E-state index is 0.210. The molecule has 0 spiro atoms. The fraction of sp³-hybridized carbons (Fsp3) is 0.385. The highest BCUT2D eigenvalue weighted by molar-refractivity contribution is 6.32. The SMILES string of the molecule is Cc1cc(C)cc(-c2c(OCCC3CCCCN3)c3cc(CC(=O)O)c(Cl)cc3[nH]c2=O)c1. The van der Waals surface area contributed by atoms with E-state index in [0.717, 1.165) is 36.1 Å². The van der Waals surface area contributed by atoms with E-state index in [1.54, 1.807) is 12.1 Å². The molecular formula is C26H29ClN2O4. The molecule has 3 aromatic rings. The number of fused-ring (bicyclic) bond motifs is 1. The number of nitrogens with one attached hydrogen (secondary N) is 2. The van der Waals surface area contributed by atoms with Gasteiger partial charge in [0.25, 0.3) is 5.56 Å². The topological polar surface area (TPSA) is 91.4 Å². The number of hydrogen-bond donors (Lipinski definition) is 3. The zero-order valence-electron chi connectivity index (χ0n) is 19.0. The van der Waals surface area contributed by atoms with Crippen molar-refractivity contribution in [1.29, 1.82) is 0 Å². The highest BCUT2D eigenvalue weighted by Gasteiger charge is 2.20. The van der Waals surface area contributed by atoms with E-state index in [4.69, 9.17) is 16.3 Å². The summed E-state index contributed by atoms with van der Waals surface area (Å²) in [6, 6.07) is 9.71. The molecule has 1 unspecified atom stereocenters. The summed E-state index contributed by atoms with van der Waals surface area (Å²) in [7, 11) is 0. The Morgan fingerprint density at radius 1 is 1.15 bits per heavy atom. The summed E-state index contributed by atoms with van der Waals surface area (Å²) in [5.74, 6) is -0.501. The van der Waals surface area contributed by atoms with Crippen molar-refractivity contribution in [2.45, 2.75) is 52.0 Å². The van der Waals surface area contributed by atoms with Crippen LogP contribution in [0.5, 0.6) is 5.75 Å². The number of H-pyrrole nitrogens is 1. The Bertz CT molecular complexity index is 1230. The number of piperidine rings is 1. The number of aromatic amines is 1. The molecule has 0 bridgehead atoms. The summed E-state index contributed by atoms with van der Waals surface area (Å²) in [6.45, 7) is 5.45. The second kappa shape index (κ2) is 9.98. The lowest BCUT2D eigenvalue weighted by Gasteiger charge is -2.24. The first-order valence-corrected chi connectivity index (χ1v) is 11.7. The lowest BCUT2D eigenvalue weighted by Crippen LogP contribution is -2.35. The highest BCUT2D eigenvalue weighted by atomic mass is 35.5. The number of carboxylic acid groups (broad SMARTS) is 1. The van der Waals surface area contributed by atoms with Crippen molar-refractivity contribution in [1.82, 2.24) is 10.3 Å². The van der Waals surface area contributed by atoms with Gasteiger partial charge in [-0.15, -0.1) is 0 Å². The molecule has 1 atom stereocenters. The van der Waals surface area contributed by atoms with E-state index >= 15 is 0 Å². The molecule has 2 heterocycles. The third-order valence-electron chi connectivity index (χ3n) is 6.11. The number of benzene rings is 2. The maximum atomic E-state index is 13.2. The largest absolute Gasteiger partial charge is 0.492 e. The maximum Gasteiger partial charge on any atom is 0.307 e. The smallest absolute Gasteiger partial charge is 0.307 e. The van der Waals surface area contributed by atoms with E-state index in [2.05, 4.69) is 16.4 Å². The molecule has 174 valence electrons. The Balaban J connectivity index is 1.83. The minimum atomic E-state index is -0.971. The molecule has 2 aromatic carbocycles. The average Bonchev–Trinajstić information content (AvgIpc) is 2.74. The number of pyridine rings is 1. The van der Waals surface area contributed by atoms with E-state index in [1.807, 2.05) is 26.0 Å². The van der Waals surface area contributed by atoms with Crippen LogP contribution in [-0.2, 0) is 11.2 Å². The van der Waals surface area contributed by atoms with Crippen LogP contribution in [0.15, 0.2) is 35.1 Å². The van der Waals surface area contributed by atoms with E-state index in [0.29, 0.717) is 45.5 Å². The Kier molecular flexibility index (Phi) is 7.05. The molecule has 33 heavy (non-hydrogen) atoms. The number of carbonyl (C=O) groups is 1. The molecule has 1 aromatic heterocycles. The average molecular weight is 469 g/mol. The second-order valence-electron chi connectivity index (χ2n) is 8.88. The number of aliphatic carboxylic acids is 1. The van der Waals surface area contributed by atoms with Gasteiger partial charge < -0.3 is 20.1 Å². The molecular weight excluding hydrogens is 440 g/mol. The van der Waals surface area contributed by atoms with Gasteiger partial charge in [-0.1, -0.05) is 47.3 Å². The summed E-state index contributed by atoms with van der Waals surface area (Å²) < 4.78 is 6.32. The summed E-state index contributed by atoms with van der Waals surface area (Å²) in [5, 5.41) is 13.8. The van der Waals surface area contributed by atoms with Crippen molar-refractivity contribution in [2.24, 2.45) is 0 Å². The van der Waals surface area contributed by atoms with Crippen LogP contribution in [0.25, 0.3) is 22.0 Å². The molecule has 0 saturated carbocycles. The van der Waals surface area contributed by atoms with Gasteiger partial charge in [-0.25, -0.2) is 0 Å². The van der Waals surface area contributed by atoms with Crippen LogP contribution >= 0.6 is 11.6 Å². The molecule has 0 amide bonds. The first kappa shape index (κ1) is 23.3. The minimum Gasteiger partial charge on any atom is -0.492 e. The lowest BCUT2D eigenvalue weighted by atomic mass is 9.98. The molecule has 1 aliphatic heterocycles. The second-order valence-corrected chi connectivity index (χ2v) is 9.29. The first-order valence-electron chi connectivity index (χ1n) is 11.4. The monoisotopic (exact) mass is 468 g/mol. The van der Waals surface area contributed by atoms with Gasteiger partial charge in [0, 0.05) is 16.5 Å². The molecule has 3 N–H and O–H groups in total. The number of ether oxygens (including phenoxy) is 1. The number of halogens is 1. The molecule has 1 aliphatic rings. The van der Waals surface area contributed by atoms with Crippen LogP contribution in [-0.4, -0.2) is 35.3 Å². The summed E-state index contributed by atoms with van der Waals surface area (Å²) in [5.41, 5.74) is 4.06. The van der Waals surface area contributed by atoms with Gasteiger partial charge in [-0.05, 0) is 62.9 Å². The first-order chi connectivity index (χ1) is 15.8. The highest BCUT2D eigenvalue weighted by Crippen LogP contribution is 2.36.